The number of hydrogen-bond donors (Lipinski definition) is 1. The zero-order valence-electron chi connectivity index (χ0n) is 24.0. The Labute approximate surface area is 250 Å². The molecule has 0 radical (unpaired) electrons. The van der Waals surface area contributed by atoms with Crippen LogP contribution in [0.4, 0.5) is 4.39 Å². The molecule has 43 heavy (non-hydrogen) atoms. The molecule has 2 aliphatic heterocycles. The maximum Gasteiger partial charge on any atom is 0.272 e. The molecule has 0 saturated carbocycles. The van der Waals surface area contributed by atoms with E-state index in [9.17, 15) is 14.4 Å². The fraction of sp³-hybridized carbons (Fsp3) is 0.364. The van der Waals surface area contributed by atoms with Gasteiger partial charge < -0.3 is 15.0 Å². The molecule has 0 aliphatic carbocycles. The lowest BCUT2D eigenvalue weighted by molar-refractivity contribution is 0.0645. The second kappa shape index (κ2) is 13.6. The van der Waals surface area contributed by atoms with Crippen LogP contribution in [0, 0.1) is 17.2 Å². The lowest BCUT2D eigenvalue weighted by Crippen LogP contribution is -2.52. The summed E-state index contributed by atoms with van der Waals surface area (Å²) in [5.41, 5.74) is 2.62. The number of halogens is 1. The highest BCUT2D eigenvalue weighted by atomic mass is 19.1. The fourth-order valence-electron chi connectivity index (χ4n) is 5.68. The van der Waals surface area contributed by atoms with E-state index in [2.05, 4.69) is 16.4 Å². The van der Waals surface area contributed by atoms with Gasteiger partial charge in [-0.25, -0.2) is 4.39 Å². The molecule has 0 bridgehead atoms. The molecule has 10 heteroatoms. The Morgan fingerprint density at radius 2 is 1.77 bits per heavy atom. The number of piperidine rings is 2. The SMILES string of the molecule is COc1ccc(C(=O)C2CCN(C(=O)c3ccc(C(=O)N[C@@H]4CCN(Cc5cccc(C#N)c5)C[C@H]4F)cn3)CC2)cc1. The number of carbonyl (C=O) groups excluding carboxylic acids is 3. The van der Waals surface area contributed by atoms with E-state index in [0.29, 0.717) is 62.3 Å². The number of Topliss-reactive ketones (excluding diaryl/α,β-unsaturated/α-hetero) is 1. The molecule has 2 aliphatic rings. The van der Waals surface area contributed by atoms with Gasteiger partial charge in [0.05, 0.1) is 30.3 Å². The zero-order chi connectivity index (χ0) is 30.3. The minimum atomic E-state index is -1.25. The molecule has 0 spiro atoms. The number of amides is 2. The summed E-state index contributed by atoms with van der Waals surface area (Å²) in [4.78, 5) is 46.7. The topological polar surface area (TPSA) is 116 Å². The largest absolute Gasteiger partial charge is 0.497 e. The van der Waals surface area contributed by atoms with Crippen LogP contribution in [0.15, 0.2) is 66.9 Å². The molecule has 3 heterocycles. The first kappa shape index (κ1) is 29.9. The second-order valence-electron chi connectivity index (χ2n) is 11.0. The first-order valence-electron chi connectivity index (χ1n) is 14.4. The van der Waals surface area contributed by atoms with Gasteiger partial charge in [0.25, 0.3) is 11.8 Å². The van der Waals surface area contributed by atoms with Crippen molar-refractivity contribution in [3.8, 4) is 11.8 Å². The van der Waals surface area contributed by atoms with Gasteiger partial charge in [0, 0.05) is 50.4 Å². The lowest BCUT2D eigenvalue weighted by atomic mass is 9.88. The highest BCUT2D eigenvalue weighted by Gasteiger charge is 2.31. The van der Waals surface area contributed by atoms with E-state index in [4.69, 9.17) is 10.00 Å². The standard InChI is InChI=1S/C33H34FN5O4/c1-43-27-8-5-24(6-9-27)31(40)25-11-15-39(16-12-25)33(42)30-10-7-26(19-36-30)32(41)37-29-13-14-38(21-28(29)34)20-23-4-2-3-22(17-23)18-35/h2-10,17,19,25,28-29H,11-16,20-21H2,1H3,(H,37,41)/t28-,29-/m1/s1. The third kappa shape index (κ3) is 7.24. The highest BCUT2D eigenvalue weighted by molar-refractivity contribution is 5.99. The number of nitrogens with zero attached hydrogens (tertiary/aromatic N) is 4. The van der Waals surface area contributed by atoms with Gasteiger partial charge >= 0.3 is 0 Å². The van der Waals surface area contributed by atoms with Crippen LogP contribution in [-0.2, 0) is 6.54 Å². The van der Waals surface area contributed by atoms with Crippen LogP contribution in [0.5, 0.6) is 5.75 Å². The molecule has 5 rings (SSSR count). The monoisotopic (exact) mass is 583 g/mol. The fourth-order valence-corrected chi connectivity index (χ4v) is 5.68. The Morgan fingerprint density at radius 3 is 2.42 bits per heavy atom. The molecule has 2 atom stereocenters. The summed E-state index contributed by atoms with van der Waals surface area (Å²) in [5, 5.41) is 11.9. The second-order valence-corrected chi connectivity index (χ2v) is 11.0. The quantitative estimate of drug-likeness (QED) is 0.398. The smallest absolute Gasteiger partial charge is 0.272 e. The number of benzene rings is 2. The van der Waals surface area contributed by atoms with Gasteiger partial charge in [-0.2, -0.15) is 5.26 Å². The summed E-state index contributed by atoms with van der Waals surface area (Å²) in [6.45, 7) is 2.20. The predicted molar refractivity (Wildman–Crippen MR) is 157 cm³/mol. The zero-order valence-corrected chi connectivity index (χ0v) is 24.0. The summed E-state index contributed by atoms with van der Waals surface area (Å²) >= 11 is 0. The van der Waals surface area contributed by atoms with E-state index >= 15 is 4.39 Å². The molecule has 2 fully saturated rings. The summed E-state index contributed by atoms with van der Waals surface area (Å²) < 4.78 is 20.2. The number of carbonyl (C=O) groups is 3. The number of hydrogen-bond acceptors (Lipinski definition) is 7. The van der Waals surface area contributed by atoms with Crippen molar-refractivity contribution in [2.24, 2.45) is 5.92 Å². The average molecular weight is 584 g/mol. The Bertz CT molecular complexity index is 1500. The number of pyridine rings is 1. The summed E-state index contributed by atoms with van der Waals surface area (Å²) in [5.74, 6) is -0.0880. The Morgan fingerprint density at radius 1 is 1.02 bits per heavy atom. The van der Waals surface area contributed by atoms with Gasteiger partial charge in [0.2, 0.25) is 0 Å². The van der Waals surface area contributed by atoms with Crippen LogP contribution in [0.1, 0.15) is 61.6 Å². The van der Waals surface area contributed by atoms with Crippen LogP contribution in [0.25, 0.3) is 0 Å². The van der Waals surface area contributed by atoms with Gasteiger partial charge in [-0.1, -0.05) is 12.1 Å². The number of nitriles is 1. The number of ketones is 1. The van der Waals surface area contributed by atoms with Gasteiger partial charge in [-0.05, 0) is 73.4 Å². The van der Waals surface area contributed by atoms with Crippen molar-refractivity contribution in [1.29, 1.82) is 5.26 Å². The van der Waals surface area contributed by atoms with Crippen molar-refractivity contribution in [2.45, 2.75) is 38.0 Å². The number of alkyl halides is 1. The number of nitrogens with one attached hydrogen (secondary N) is 1. The van der Waals surface area contributed by atoms with Crippen LogP contribution >= 0.6 is 0 Å². The molecular formula is C33H34FN5O4. The highest BCUT2D eigenvalue weighted by Crippen LogP contribution is 2.24. The van der Waals surface area contributed by atoms with Crippen LogP contribution in [0.2, 0.25) is 0 Å². The van der Waals surface area contributed by atoms with E-state index in [0.717, 1.165) is 5.56 Å². The normalized spacial score (nSPS) is 19.3. The molecule has 222 valence electrons. The number of ether oxygens (including phenoxy) is 1. The molecule has 2 amide bonds. The van der Waals surface area contributed by atoms with Crippen LogP contribution in [-0.4, -0.2) is 77.9 Å². The van der Waals surface area contributed by atoms with E-state index in [1.54, 1.807) is 48.4 Å². The summed E-state index contributed by atoms with van der Waals surface area (Å²) in [7, 11) is 1.58. The number of aromatic nitrogens is 1. The maximum atomic E-state index is 15.0. The number of likely N-dealkylation sites (tertiary alicyclic amines) is 2. The first-order valence-corrected chi connectivity index (χ1v) is 14.4. The molecule has 1 N–H and O–H groups in total. The van der Waals surface area contributed by atoms with E-state index in [-0.39, 0.29) is 35.4 Å². The van der Waals surface area contributed by atoms with Crippen molar-refractivity contribution < 1.29 is 23.5 Å². The predicted octanol–water partition coefficient (Wildman–Crippen LogP) is 4.04. The third-order valence-electron chi connectivity index (χ3n) is 8.18. The van der Waals surface area contributed by atoms with Crippen molar-refractivity contribution in [3.05, 3.63) is 94.8 Å². The molecule has 9 nitrogen and oxygen atoms in total. The minimum Gasteiger partial charge on any atom is -0.497 e. The molecule has 3 aromatic rings. The van der Waals surface area contributed by atoms with Gasteiger partial charge in [-0.3, -0.25) is 24.3 Å². The Balaban J connectivity index is 1.09. The molecule has 1 aromatic heterocycles. The van der Waals surface area contributed by atoms with E-state index in [1.807, 2.05) is 17.0 Å². The van der Waals surface area contributed by atoms with Crippen molar-refractivity contribution in [1.82, 2.24) is 20.1 Å². The molecular weight excluding hydrogens is 549 g/mol. The van der Waals surface area contributed by atoms with Crippen molar-refractivity contribution in [2.75, 3.05) is 33.3 Å². The third-order valence-corrected chi connectivity index (χ3v) is 8.18. The maximum absolute atomic E-state index is 15.0. The molecule has 0 unspecified atom stereocenters. The number of methoxy groups -OCH3 is 1. The van der Waals surface area contributed by atoms with Gasteiger partial charge in [-0.15, -0.1) is 0 Å². The van der Waals surface area contributed by atoms with Gasteiger partial charge in [0.1, 0.15) is 17.6 Å². The Kier molecular flexibility index (Phi) is 9.42. The van der Waals surface area contributed by atoms with E-state index < -0.39 is 18.1 Å². The average Bonchev–Trinajstić information content (AvgIpc) is 3.05. The lowest BCUT2D eigenvalue weighted by Gasteiger charge is -2.35. The van der Waals surface area contributed by atoms with Crippen LogP contribution in [0.3, 0.4) is 0 Å². The summed E-state index contributed by atoms with van der Waals surface area (Å²) in [6, 6.07) is 18.8. The van der Waals surface area contributed by atoms with Crippen LogP contribution < -0.4 is 10.1 Å². The van der Waals surface area contributed by atoms with Gasteiger partial charge in [0.15, 0.2) is 5.78 Å². The summed E-state index contributed by atoms with van der Waals surface area (Å²) in [6.07, 6.45) is 1.67. The molecule has 2 aromatic carbocycles. The Hall–Kier alpha value is -4.62. The minimum absolute atomic E-state index is 0.0646. The number of rotatable bonds is 8. The van der Waals surface area contributed by atoms with E-state index in [1.165, 1.54) is 18.3 Å². The van der Waals surface area contributed by atoms with Crippen molar-refractivity contribution >= 4 is 17.6 Å². The first-order chi connectivity index (χ1) is 20.8. The molecule has 2 saturated heterocycles. The van der Waals surface area contributed by atoms with Crippen molar-refractivity contribution in [3.63, 3.8) is 0 Å².